The smallest absolute Gasteiger partial charge is 0.353 e. The van der Waals surface area contributed by atoms with E-state index >= 15 is 0 Å². The van der Waals surface area contributed by atoms with Crippen molar-refractivity contribution in [3.63, 3.8) is 0 Å². The van der Waals surface area contributed by atoms with Crippen LogP contribution < -0.4 is 16.0 Å². The largest absolute Gasteiger partial charge is 0.417 e. The van der Waals surface area contributed by atoms with Gasteiger partial charge in [-0.3, -0.25) is 4.79 Å². The molecule has 5 nitrogen and oxygen atoms in total. The Balaban J connectivity index is 2.02. The Morgan fingerprint density at radius 3 is 2.71 bits per heavy atom. The molecule has 0 spiro atoms. The van der Waals surface area contributed by atoms with E-state index in [0.29, 0.717) is 25.3 Å². The van der Waals surface area contributed by atoms with Crippen molar-refractivity contribution in [3.8, 4) is 0 Å². The van der Waals surface area contributed by atoms with Crippen LogP contribution in [0.1, 0.15) is 25.8 Å². The summed E-state index contributed by atoms with van der Waals surface area (Å²) in [4.78, 5) is 17.6. The molecule has 0 aliphatic carbocycles. The molecule has 3 atom stereocenters. The standard InChI is InChI=1S/C15H20ClF3N4O/c1-8(9(2)20)14(24)22-11-3-4-23(7-11)13-12(16)5-10(6-21-13)15(17,18)19/h5-6,8-9,11H,3-4,7,20H2,1-2H3,(H,22,24). The third-order valence-corrected chi connectivity index (χ3v) is 4.46. The van der Waals surface area contributed by atoms with E-state index in [0.717, 1.165) is 12.3 Å². The van der Waals surface area contributed by atoms with Gasteiger partial charge in [0.15, 0.2) is 0 Å². The molecule has 24 heavy (non-hydrogen) atoms. The zero-order valence-electron chi connectivity index (χ0n) is 13.4. The fourth-order valence-electron chi connectivity index (χ4n) is 2.46. The van der Waals surface area contributed by atoms with Crippen LogP contribution in [-0.4, -0.2) is 36.1 Å². The van der Waals surface area contributed by atoms with Crippen LogP contribution in [0.3, 0.4) is 0 Å². The number of nitrogens with one attached hydrogen (secondary N) is 1. The number of nitrogens with zero attached hydrogens (tertiary/aromatic N) is 2. The number of nitrogens with two attached hydrogens (primary N) is 1. The summed E-state index contributed by atoms with van der Waals surface area (Å²) in [6.45, 7) is 4.50. The Morgan fingerprint density at radius 1 is 1.50 bits per heavy atom. The summed E-state index contributed by atoms with van der Waals surface area (Å²) in [5.41, 5.74) is 4.82. The van der Waals surface area contributed by atoms with Crippen molar-refractivity contribution in [2.75, 3.05) is 18.0 Å². The summed E-state index contributed by atoms with van der Waals surface area (Å²) < 4.78 is 38.0. The number of pyridine rings is 1. The molecule has 0 radical (unpaired) electrons. The highest BCUT2D eigenvalue weighted by Crippen LogP contribution is 2.34. The van der Waals surface area contributed by atoms with Crippen molar-refractivity contribution in [2.24, 2.45) is 11.7 Å². The van der Waals surface area contributed by atoms with Crippen LogP contribution in [0.15, 0.2) is 12.3 Å². The highest BCUT2D eigenvalue weighted by Gasteiger charge is 2.33. The minimum Gasteiger partial charge on any atom is -0.353 e. The zero-order chi connectivity index (χ0) is 18.1. The van der Waals surface area contributed by atoms with Crippen molar-refractivity contribution < 1.29 is 18.0 Å². The van der Waals surface area contributed by atoms with Crippen LogP contribution >= 0.6 is 11.6 Å². The van der Waals surface area contributed by atoms with E-state index in [2.05, 4.69) is 10.3 Å². The normalized spacial score (nSPS) is 20.8. The van der Waals surface area contributed by atoms with Crippen LogP contribution in [0.5, 0.6) is 0 Å². The Morgan fingerprint density at radius 2 is 2.17 bits per heavy atom. The van der Waals surface area contributed by atoms with E-state index in [1.807, 2.05) is 0 Å². The summed E-state index contributed by atoms with van der Waals surface area (Å²) in [5.74, 6) is -0.156. The number of carbonyl (C=O) groups excluding carboxylic acids is 1. The predicted molar refractivity (Wildman–Crippen MR) is 85.8 cm³/mol. The molecule has 134 valence electrons. The van der Waals surface area contributed by atoms with Gasteiger partial charge in [0.1, 0.15) is 5.82 Å². The van der Waals surface area contributed by atoms with Gasteiger partial charge in [0.05, 0.1) is 10.6 Å². The van der Waals surface area contributed by atoms with E-state index < -0.39 is 11.7 Å². The molecule has 9 heteroatoms. The number of halogens is 4. The predicted octanol–water partition coefficient (Wildman–Crippen LogP) is 2.43. The number of hydrogen-bond donors (Lipinski definition) is 2. The molecular weight excluding hydrogens is 345 g/mol. The number of amides is 1. The molecule has 2 heterocycles. The second kappa shape index (κ2) is 7.14. The first kappa shape index (κ1) is 18.8. The van der Waals surface area contributed by atoms with E-state index in [4.69, 9.17) is 17.3 Å². The van der Waals surface area contributed by atoms with Gasteiger partial charge in [0.25, 0.3) is 0 Å². The van der Waals surface area contributed by atoms with Gasteiger partial charge in [0.2, 0.25) is 5.91 Å². The van der Waals surface area contributed by atoms with Crippen LogP contribution in [0.25, 0.3) is 0 Å². The average molecular weight is 365 g/mol. The Hall–Kier alpha value is -1.54. The summed E-state index contributed by atoms with van der Waals surface area (Å²) in [6.07, 6.45) is -3.05. The summed E-state index contributed by atoms with van der Waals surface area (Å²) in [5, 5.41) is 2.85. The zero-order valence-corrected chi connectivity index (χ0v) is 14.2. The SMILES string of the molecule is CC(N)C(C)C(=O)NC1CCN(c2ncc(C(F)(F)F)cc2Cl)C1. The second-order valence-corrected chi connectivity index (χ2v) is 6.52. The first-order chi connectivity index (χ1) is 11.1. The van der Waals surface area contributed by atoms with Crippen LogP contribution in [0, 0.1) is 5.92 Å². The van der Waals surface area contributed by atoms with Crippen molar-refractivity contribution in [1.82, 2.24) is 10.3 Å². The fourth-order valence-corrected chi connectivity index (χ4v) is 2.75. The van der Waals surface area contributed by atoms with Gasteiger partial charge in [-0.05, 0) is 19.4 Å². The number of carbonyl (C=O) groups is 1. The van der Waals surface area contributed by atoms with E-state index in [9.17, 15) is 18.0 Å². The fraction of sp³-hybridized carbons (Fsp3) is 0.600. The Labute approximate surface area is 143 Å². The molecule has 1 aliphatic rings. The molecule has 2 rings (SSSR count). The number of aromatic nitrogens is 1. The number of alkyl halides is 3. The average Bonchev–Trinajstić information content (AvgIpc) is 2.93. The van der Waals surface area contributed by atoms with Crippen LogP contribution in [0.2, 0.25) is 5.02 Å². The highest BCUT2D eigenvalue weighted by atomic mass is 35.5. The quantitative estimate of drug-likeness (QED) is 0.860. The molecule has 1 aromatic rings. The number of rotatable bonds is 4. The molecule has 1 amide bonds. The maximum absolute atomic E-state index is 12.7. The van der Waals surface area contributed by atoms with Crippen LogP contribution in [-0.2, 0) is 11.0 Å². The third kappa shape index (κ3) is 4.30. The first-order valence-electron chi connectivity index (χ1n) is 7.63. The molecular formula is C15H20ClF3N4O. The Bertz CT molecular complexity index is 609. The van der Waals surface area contributed by atoms with Gasteiger partial charge < -0.3 is 16.0 Å². The maximum atomic E-state index is 12.7. The molecule has 0 saturated carbocycles. The minimum absolute atomic E-state index is 0.0549. The van der Waals surface area contributed by atoms with Crippen molar-refractivity contribution in [2.45, 2.75) is 38.5 Å². The first-order valence-corrected chi connectivity index (χ1v) is 8.01. The second-order valence-electron chi connectivity index (χ2n) is 6.12. The number of hydrogen-bond acceptors (Lipinski definition) is 4. The van der Waals surface area contributed by atoms with E-state index in [1.165, 1.54) is 0 Å². The van der Waals surface area contributed by atoms with Gasteiger partial charge in [-0.25, -0.2) is 4.98 Å². The lowest BCUT2D eigenvalue weighted by atomic mass is 10.0. The summed E-state index contributed by atoms with van der Waals surface area (Å²) in [6, 6.07) is 0.501. The lowest BCUT2D eigenvalue weighted by molar-refractivity contribution is -0.137. The van der Waals surface area contributed by atoms with E-state index in [1.54, 1.807) is 18.7 Å². The minimum atomic E-state index is -4.48. The molecule has 3 N–H and O–H groups in total. The van der Waals surface area contributed by atoms with Gasteiger partial charge in [-0.1, -0.05) is 18.5 Å². The van der Waals surface area contributed by atoms with Gasteiger partial charge in [-0.2, -0.15) is 13.2 Å². The third-order valence-electron chi connectivity index (χ3n) is 4.19. The lowest BCUT2D eigenvalue weighted by Gasteiger charge is -2.21. The molecule has 3 unspecified atom stereocenters. The highest BCUT2D eigenvalue weighted by molar-refractivity contribution is 6.33. The molecule has 0 aromatic carbocycles. The van der Waals surface area contributed by atoms with Gasteiger partial charge in [-0.15, -0.1) is 0 Å². The van der Waals surface area contributed by atoms with Gasteiger partial charge >= 0.3 is 6.18 Å². The monoisotopic (exact) mass is 364 g/mol. The van der Waals surface area contributed by atoms with Crippen LogP contribution in [0.4, 0.5) is 19.0 Å². The molecule has 1 aromatic heterocycles. The Kier molecular flexibility index (Phi) is 5.59. The van der Waals surface area contributed by atoms with Gasteiger partial charge in [0, 0.05) is 37.3 Å². The topological polar surface area (TPSA) is 71.2 Å². The van der Waals surface area contributed by atoms with E-state index in [-0.39, 0.29) is 28.9 Å². The van der Waals surface area contributed by atoms with Crippen molar-refractivity contribution in [1.29, 1.82) is 0 Å². The van der Waals surface area contributed by atoms with Crippen molar-refractivity contribution in [3.05, 3.63) is 22.8 Å². The maximum Gasteiger partial charge on any atom is 0.417 e. The lowest BCUT2D eigenvalue weighted by Crippen LogP contribution is -2.44. The number of anilines is 1. The molecule has 1 fully saturated rings. The summed E-state index contributed by atoms with van der Waals surface area (Å²) >= 11 is 5.95. The summed E-state index contributed by atoms with van der Waals surface area (Å²) in [7, 11) is 0. The molecule has 0 bridgehead atoms. The van der Waals surface area contributed by atoms with Crippen molar-refractivity contribution >= 4 is 23.3 Å². The molecule has 1 saturated heterocycles. The molecule has 1 aliphatic heterocycles.